The lowest BCUT2D eigenvalue weighted by atomic mass is 10.1. The van der Waals surface area contributed by atoms with Gasteiger partial charge in [0.05, 0.1) is 10.6 Å². The highest BCUT2D eigenvalue weighted by Gasteiger charge is 2.44. The van der Waals surface area contributed by atoms with E-state index in [1.165, 1.54) is 29.0 Å². The van der Waals surface area contributed by atoms with Gasteiger partial charge < -0.3 is 5.32 Å². The van der Waals surface area contributed by atoms with Gasteiger partial charge in [-0.1, -0.05) is 30.3 Å². The molecular weight excluding hydrogens is 350 g/mol. The van der Waals surface area contributed by atoms with Crippen LogP contribution in [0.25, 0.3) is 11.3 Å². The van der Waals surface area contributed by atoms with Gasteiger partial charge in [-0.3, -0.25) is 14.9 Å². The molecule has 26 heavy (non-hydrogen) atoms. The summed E-state index contributed by atoms with van der Waals surface area (Å²) in [5.41, 5.74) is 2.70. The van der Waals surface area contributed by atoms with Crippen molar-refractivity contribution in [3.63, 3.8) is 0 Å². The normalized spacial score (nSPS) is 18.3. The number of nitrogens with one attached hydrogen (secondary N) is 1. The number of hydrogen-bond acceptors (Lipinski definition) is 5. The molecular formula is C19H15N3O3S. The fraction of sp³-hybridized carbons (Fsp3) is 0.158. The molecule has 1 aliphatic rings. The standard InChI is InChI=1S/C19H15N3O3S/c23-18(16-10-15(16)12-4-2-1-3-5-12)21-19-20-17(11-26-19)13-6-8-14(9-7-13)22(24)25/h1-9,11,15-16H,10H2,(H,20,21,23)/t15-,16-/m1/s1. The number of nitro benzene ring substituents is 1. The first-order valence-electron chi connectivity index (χ1n) is 8.18. The predicted octanol–water partition coefficient (Wildman–Crippen LogP) is 4.46. The summed E-state index contributed by atoms with van der Waals surface area (Å²) in [7, 11) is 0. The molecule has 1 saturated carbocycles. The van der Waals surface area contributed by atoms with E-state index < -0.39 is 4.92 Å². The maximum absolute atomic E-state index is 12.4. The summed E-state index contributed by atoms with van der Waals surface area (Å²) in [5, 5.41) is 16.0. The van der Waals surface area contributed by atoms with Gasteiger partial charge in [-0.05, 0) is 30.0 Å². The predicted molar refractivity (Wildman–Crippen MR) is 100 cm³/mol. The lowest BCUT2D eigenvalue weighted by Crippen LogP contribution is -2.14. The molecule has 0 unspecified atom stereocenters. The number of aromatic nitrogens is 1. The van der Waals surface area contributed by atoms with Crippen LogP contribution in [0.1, 0.15) is 17.9 Å². The van der Waals surface area contributed by atoms with Crippen molar-refractivity contribution in [1.29, 1.82) is 0 Å². The highest BCUT2D eigenvalue weighted by Crippen LogP contribution is 2.48. The number of carbonyl (C=O) groups is 1. The van der Waals surface area contributed by atoms with Crippen molar-refractivity contribution in [2.45, 2.75) is 12.3 Å². The van der Waals surface area contributed by atoms with Crippen molar-refractivity contribution in [2.24, 2.45) is 5.92 Å². The SMILES string of the molecule is O=C(Nc1nc(-c2ccc([N+](=O)[O-])cc2)cs1)[C@@H]1C[C@@H]1c1ccccc1. The molecule has 0 radical (unpaired) electrons. The fourth-order valence-corrected chi connectivity index (χ4v) is 3.69. The summed E-state index contributed by atoms with van der Waals surface area (Å²) in [4.78, 5) is 27.1. The Labute approximate surface area is 153 Å². The first kappa shape index (κ1) is 16.4. The zero-order chi connectivity index (χ0) is 18.1. The molecule has 6 nitrogen and oxygen atoms in total. The summed E-state index contributed by atoms with van der Waals surface area (Å²) in [6.45, 7) is 0. The number of benzene rings is 2. The minimum atomic E-state index is -0.435. The van der Waals surface area contributed by atoms with E-state index in [1.807, 2.05) is 35.7 Å². The Balaban J connectivity index is 1.41. The van der Waals surface area contributed by atoms with E-state index in [1.54, 1.807) is 12.1 Å². The molecule has 1 amide bonds. The molecule has 4 rings (SSSR count). The number of hydrogen-bond donors (Lipinski definition) is 1. The number of nitrogens with zero attached hydrogens (tertiary/aromatic N) is 2. The number of thiazole rings is 1. The molecule has 7 heteroatoms. The quantitative estimate of drug-likeness (QED) is 0.534. The Morgan fingerprint density at radius 2 is 1.88 bits per heavy atom. The van der Waals surface area contributed by atoms with Gasteiger partial charge in [0.25, 0.3) is 5.69 Å². The Hall–Kier alpha value is -3.06. The second-order valence-corrected chi connectivity index (χ2v) is 7.05. The van der Waals surface area contributed by atoms with Crippen LogP contribution in [0.15, 0.2) is 60.0 Å². The van der Waals surface area contributed by atoms with Crippen molar-refractivity contribution in [2.75, 3.05) is 5.32 Å². The monoisotopic (exact) mass is 365 g/mol. The van der Waals surface area contributed by atoms with Crippen LogP contribution in [0, 0.1) is 16.0 Å². The van der Waals surface area contributed by atoms with Crippen LogP contribution in [0.5, 0.6) is 0 Å². The van der Waals surface area contributed by atoms with Gasteiger partial charge in [0.2, 0.25) is 5.91 Å². The largest absolute Gasteiger partial charge is 0.302 e. The summed E-state index contributed by atoms with van der Waals surface area (Å²) >= 11 is 1.35. The van der Waals surface area contributed by atoms with Crippen LogP contribution in [0.4, 0.5) is 10.8 Å². The lowest BCUT2D eigenvalue weighted by Gasteiger charge is -2.01. The molecule has 1 N–H and O–H groups in total. The summed E-state index contributed by atoms with van der Waals surface area (Å²) < 4.78 is 0. The second kappa shape index (κ2) is 6.68. The van der Waals surface area contributed by atoms with Crippen LogP contribution in [0.2, 0.25) is 0 Å². The van der Waals surface area contributed by atoms with Crippen molar-refractivity contribution < 1.29 is 9.72 Å². The Morgan fingerprint density at radius 1 is 1.15 bits per heavy atom. The van der Waals surface area contributed by atoms with Crippen molar-refractivity contribution in [3.05, 3.63) is 75.7 Å². The molecule has 0 spiro atoms. The van der Waals surface area contributed by atoms with E-state index >= 15 is 0 Å². The van der Waals surface area contributed by atoms with Gasteiger partial charge >= 0.3 is 0 Å². The number of anilines is 1. The lowest BCUT2D eigenvalue weighted by molar-refractivity contribution is -0.384. The molecule has 3 aromatic rings. The van der Waals surface area contributed by atoms with Gasteiger partial charge in [0.1, 0.15) is 0 Å². The van der Waals surface area contributed by atoms with Crippen molar-refractivity contribution in [3.8, 4) is 11.3 Å². The molecule has 1 aliphatic carbocycles. The molecule has 1 heterocycles. The molecule has 1 fully saturated rings. The van der Waals surface area contributed by atoms with Gasteiger partial charge in [-0.2, -0.15) is 0 Å². The fourth-order valence-electron chi connectivity index (χ4n) is 2.97. The van der Waals surface area contributed by atoms with Crippen LogP contribution < -0.4 is 5.32 Å². The van der Waals surface area contributed by atoms with E-state index in [0.29, 0.717) is 10.8 Å². The third kappa shape index (κ3) is 3.34. The van der Waals surface area contributed by atoms with Gasteiger partial charge in [-0.15, -0.1) is 11.3 Å². The minimum absolute atomic E-state index is 0.0101. The third-order valence-electron chi connectivity index (χ3n) is 4.46. The summed E-state index contributed by atoms with van der Waals surface area (Å²) in [6, 6.07) is 16.2. The Morgan fingerprint density at radius 3 is 2.58 bits per heavy atom. The molecule has 0 saturated heterocycles. The van der Waals surface area contributed by atoms with Crippen LogP contribution in [-0.2, 0) is 4.79 Å². The maximum Gasteiger partial charge on any atom is 0.269 e. The van der Waals surface area contributed by atoms with Crippen LogP contribution >= 0.6 is 11.3 Å². The van der Waals surface area contributed by atoms with E-state index in [2.05, 4.69) is 10.3 Å². The topological polar surface area (TPSA) is 85.1 Å². The average Bonchev–Trinajstić information content (AvgIpc) is 3.35. The molecule has 2 aromatic carbocycles. The molecule has 130 valence electrons. The van der Waals surface area contributed by atoms with Crippen LogP contribution in [0.3, 0.4) is 0 Å². The summed E-state index contributed by atoms with van der Waals surface area (Å²) in [5.74, 6) is 0.262. The van der Waals surface area contributed by atoms with Gasteiger partial charge in [0.15, 0.2) is 5.13 Å². The Kier molecular flexibility index (Phi) is 4.22. The number of non-ortho nitro benzene ring substituents is 1. The smallest absolute Gasteiger partial charge is 0.269 e. The highest BCUT2D eigenvalue weighted by atomic mass is 32.1. The maximum atomic E-state index is 12.4. The van der Waals surface area contributed by atoms with Crippen molar-refractivity contribution >= 4 is 28.1 Å². The van der Waals surface area contributed by atoms with E-state index in [0.717, 1.165) is 12.0 Å². The molecule has 2 atom stereocenters. The van der Waals surface area contributed by atoms with Gasteiger partial charge in [-0.25, -0.2) is 4.98 Å². The first-order chi connectivity index (χ1) is 12.6. The average molecular weight is 365 g/mol. The first-order valence-corrected chi connectivity index (χ1v) is 9.06. The number of carbonyl (C=O) groups excluding carboxylic acids is 1. The third-order valence-corrected chi connectivity index (χ3v) is 5.22. The second-order valence-electron chi connectivity index (χ2n) is 6.19. The highest BCUT2D eigenvalue weighted by molar-refractivity contribution is 7.14. The minimum Gasteiger partial charge on any atom is -0.302 e. The zero-order valence-corrected chi connectivity index (χ0v) is 14.5. The van der Waals surface area contributed by atoms with E-state index in [9.17, 15) is 14.9 Å². The Bertz CT molecular complexity index is 954. The number of rotatable bonds is 5. The molecule has 0 bridgehead atoms. The summed E-state index contributed by atoms with van der Waals surface area (Å²) in [6.07, 6.45) is 0.858. The molecule has 0 aliphatic heterocycles. The number of amides is 1. The van der Waals surface area contributed by atoms with Gasteiger partial charge in [0, 0.05) is 29.0 Å². The van der Waals surface area contributed by atoms with E-state index in [4.69, 9.17) is 0 Å². The molecule has 1 aromatic heterocycles. The zero-order valence-electron chi connectivity index (χ0n) is 13.7. The van der Waals surface area contributed by atoms with Crippen LogP contribution in [-0.4, -0.2) is 15.8 Å². The van der Waals surface area contributed by atoms with Crippen molar-refractivity contribution in [1.82, 2.24) is 4.98 Å². The number of nitro groups is 1. The van der Waals surface area contributed by atoms with E-state index in [-0.39, 0.29) is 23.4 Å².